The summed E-state index contributed by atoms with van der Waals surface area (Å²) in [5.41, 5.74) is -0.449. The van der Waals surface area contributed by atoms with Crippen molar-refractivity contribution in [3.05, 3.63) is 0 Å². The number of carboxylic acid groups (broad SMARTS) is 1. The lowest BCUT2D eigenvalue weighted by molar-refractivity contribution is -0.156. The van der Waals surface area contributed by atoms with Crippen LogP contribution in [0.25, 0.3) is 0 Å². The van der Waals surface area contributed by atoms with Crippen molar-refractivity contribution in [1.29, 1.82) is 0 Å². The fourth-order valence-electron chi connectivity index (χ4n) is 3.67. The Kier molecular flexibility index (Phi) is 5.24. The van der Waals surface area contributed by atoms with Gasteiger partial charge in [0.2, 0.25) is 0 Å². The Balaban J connectivity index is 2.76. The van der Waals surface area contributed by atoms with E-state index in [9.17, 15) is 9.90 Å². The van der Waals surface area contributed by atoms with Crippen molar-refractivity contribution < 1.29 is 9.90 Å². The Morgan fingerprint density at radius 3 is 2.00 bits per heavy atom. The van der Waals surface area contributed by atoms with E-state index in [4.69, 9.17) is 0 Å². The second-order valence-corrected chi connectivity index (χ2v) is 7.07. The van der Waals surface area contributed by atoms with Gasteiger partial charge in [0.25, 0.3) is 0 Å². The first kappa shape index (κ1) is 15.5. The van der Waals surface area contributed by atoms with E-state index in [0.29, 0.717) is 17.8 Å². The quantitative estimate of drug-likeness (QED) is 0.779. The summed E-state index contributed by atoms with van der Waals surface area (Å²) in [4.78, 5) is 11.8. The molecule has 2 nitrogen and oxygen atoms in total. The minimum absolute atomic E-state index is 0.295. The van der Waals surface area contributed by atoms with Crippen molar-refractivity contribution >= 4 is 5.97 Å². The van der Waals surface area contributed by atoms with Crippen LogP contribution in [0.3, 0.4) is 0 Å². The number of rotatable bonds is 5. The van der Waals surface area contributed by atoms with E-state index < -0.39 is 11.4 Å². The molecular weight excluding hydrogens is 224 g/mol. The molecule has 1 N–H and O–H groups in total. The van der Waals surface area contributed by atoms with Gasteiger partial charge in [0.1, 0.15) is 0 Å². The first-order valence-corrected chi connectivity index (χ1v) is 7.53. The summed E-state index contributed by atoms with van der Waals surface area (Å²) in [7, 11) is 0. The van der Waals surface area contributed by atoms with Crippen molar-refractivity contribution in [2.24, 2.45) is 29.1 Å². The van der Waals surface area contributed by atoms with Crippen LogP contribution in [0.2, 0.25) is 0 Å². The summed E-state index contributed by atoms with van der Waals surface area (Å²) in [6, 6.07) is 0. The second kappa shape index (κ2) is 6.08. The largest absolute Gasteiger partial charge is 0.481 e. The molecule has 1 aliphatic rings. The predicted molar refractivity (Wildman–Crippen MR) is 75.5 cm³/mol. The third-order valence-electron chi connectivity index (χ3n) is 5.06. The average Bonchev–Trinajstić information content (AvgIpc) is 2.27. The van der Waals surface area contributed by atoms with Crippen LogP contribution in [-0.4, -0.2) is 11.1 Å². The van der Waals surface area contributed by atoms with Crippen LogP contribution in [0.4, 0.5) is 0 Å². The zero-order chi connectivity index (χ0) is 13.9. The van der Waals surface area contributed by atoms with Gasteiger partial charge in [-0.05, 0) is 55.8 Å². The minimum atomic E-state index is -0.558. The zero-order valence-corrected chi connectivity index (χ0v) is 12.7. The fraction of sp³-hybridized carbons (Fsp3) is 0.938. The van der Waals surface area contributed by atoms with E-state index in [1.165, 1.54) is 0 Å². The maximum Gasteiger partial charge on any atom is 0.309 e. The molecule has 2 heteroatoms. The predicted octanol–water partition coefficient (Wildman–Crippen LogP) is 4.59. The molecule has 0 amide bonds. The van der Waals surface area contributed by atoms with Crippen LogP contribution in [0.1, 0.15) is 66.7 Å². The molecule has 106 valence electrons. The van der Waals surface area contributed by atoms with E-state index in [2.05, 4.69) is 34.6 Å². The topological polar surface area (TPSA) is 37.3 Å². The van der Waals surface area contributed by atoms with Crippen LogP contribution in [-0.2, 0) is 4.79 Å². The molecule has 0 spiro atoms. The van der Waals surface area contributed by atoms with E-state index >= 15 is 0 Å². The molecule has 1 rings (SSSR count). The zero-order valence-electron chi connectivity index (χ0n) is 12.7. The number of carboxylic acids is 1. The summed E-state index contributed by atoms with van der Waals surface area (Å²) in [5.74, 6) is 1.74. The third kappa shape index (κ3) is 3.27. The monoisotopic (exact) mass is 254 g/mol. The van der Waals surface area contributed by atoms with Gasteiger partial charge in [-0.2, -0.15) is 0 Å². The molecule has 0 aromatic heterocycles. The van der Waals surface area contributed by atoms with E-state index in [1.54, 1.807) is 0 Å². The Labute approximate surface area is 112 Å². The fourth-order valence-corrected chi connectivity index (χ4v) is 3.67. The van der Waals surface area contributed by atoms with Gasteiger partial charge in [0, 0.05) is 0 Å². The highest BCUT2D eigenvalue weighted by Crippen LogP contribution is 2.48. The van der Waals surface area contributed by atoms with Gasteiger partial charge >= 0.3 is 5.97 Å². The summed E-state index contributed by atoms with van der Waals surface area (Å²) < 4.78 is 0. The Morgan fingerprint density at radius 2 is 1.67 bits per heavy atom. The maximum absolute atomic E-state index is 11.8. The number of carbonyl (C=O) groups is 1. The Hall–Kier alpha value is -0.530. The summed E-state index contributed by atoms with van der Waals surface area (Å²) in [5, 5.41) is 9.70. The van der Waals surface area contributed by atoms with Gasteiger partial charge in [-0.25, -0.2) is 0 Å². The third-order valence-corrected chi connectivity index (χ3v) is 5.06. The second-order valence-electron chi connectivity index (χ2n) is 7.07. The standard InChI is InChI=1S/C16H30O2/c1-11(2)10-13(5)16(15(17)18)8-6-14(7-9-16)12(3)4/h11-14H,6-10H2,1-5H3,(H,17,18). The summed E-state index contributed by atoms with van der Waals surface area (Å²) in [6.07, 6.45) is 4.95. The van der Waals surface area contributed by atoms with Gasteiger partial charge in [0.05, 0.1) is 5.41 Å². The number of hydrogen-bond donors (Lipinski definition) is 1. The number of aliphatic carboxylic acids is 1. The van der Waals surface area contributed by atoms with Crippen molar-refractivity contribution in [2.45, 2.75) is 66.7 Å². The Bertz CT molecular complexity index is 273. The molecule has 0 radical (unpaired) electrons. The Morgan fingerprint density at radius 1 is 1.17 bits per heavy atom. The lowest BCUT2D eigenvalue weighted by atomic mass is 9.61. The minimum Gasteiger partial charge on any atom is -0.481 e. The van der Waals surface area contributed by atoms with Crippen molar-refractivity contribution in [3.63, 3.8) is 0 Å². The molecule has 0 heterocycles. The SMILES string of the molecule is CC(C)CC(C)C1(C(=O)O)CCC(C(C)C)CC1. The molecular formula is C16H30O2. The van der Waals surface area contributed by atoms with Gasteiger partial charge in [0.15, 0.2) is 0 Å². The lowest BCUT2D eigenvalue weighted by Crippen LogP contribution is -2.42. The van der Waals surface area contributed by atoms with Crippen LogP contribution in [0.5, 0.6) is 0 Å². The van der Waals surface area contributed by atoms with Gasteiger partial charge in [-0.15, -0.1) is 0 Å². The molecule has 0 bridgehead atoms. The molecule has 1 aliphatic carbocycles. The van der Waals surface area contributed by atoms with Gasteiger partial charge in [-0.1, -0.05) is 34.6 Å². The molecule has 1 unspecified atom stereocenters. The molecule has 0 saturated heterocycles. The highest BCUT2D eigenvalue weighted by Gasteiger charge is 2.46. The van der Waals surface area contributed by atoms with Crippen molar-refractivity contribution in [3.8, 4) is 0 Å². The van der Waals surface area contributed by atoms with Crippen LogP contribution < -0.4 is 0 Å². The van der Waals surface area contributed by atoms with E-state index in [-0.39, 0.29) is 0 Å². The lowest BCUT2D eigenvalue weighted by Gasteiger charge is -2.42. The molecule has 1 atom stereocenters. The molecule has 0 aromatic carbocycles. The van der Waals surface area contributed by atoms with E-state index in [0.717, 1.165) is 38.0 Å². The molecule has 1 fully saturated rings. The maximum atomic E-state index is 11.8. The van der Waals surface area contributed by atoms with Crippen molar-refractivity contribution in [1.82, 2.24) is 0 Å². The van der Waals surface area contributed by atoms with Gasteiger partial charge in [-0.3, -0.25) is 4.79 Å². The summed E-state index contributed by atoms with van der Waals surface area (Å²) >= 11 is 0. The first-order chi connectivity index (χ1) is 8.29. The van der Waals surface area contributed by atoms with E-state index in [1.807, 2.05) is 0 Å². The number of hydrogen-bond acceptors (Lipinski definition) is 1. The molecule has 0 aromatic rings. The van der Waals surface area contributed by atoms with Crippen LogP contribution >= 0.6 is 0 Å². The summed E-state index contributed by atoms with van der Waals surface area (Å²) in [6.45, 7) is 11.0. The van der Waals surface area contributed by atoms with Crippen molar-refractivity contribution in [2.75, 3.05) is 0 Å². The molecule has 1 saturated carbocycles. The highest BCUT2D eigenvalue weighted by atomic mass is 16.4. The molecule has 0 aliphatic heterocycles. The van der Waals surface area contributed by atoms with Crippen LogP contribution in [0, 0.1) is 29.1 Å². The highest BCUT2D eigenvalue weighted by molar-refractivity contribution is 5.75. The normalized spacial score (nSPS) is 30.7. The first-order valence-electron chi connectivity index (χ1n) is 7.53. The average molecular weight is 254 g/mol. The molecule has 18 heavy (non-hydrogen) atoms. The van der Waals surface area contributed by atoms with Gasteiger partial charge < -0.3 is 5.11 Å². The smallest absolute Gasteiger partial charge is 0.309 e. The van der Waals surface area contributed by atoms with Crippen LogP contribution in [0.15, 0.2) is 0 Å².